The van der Waals surface area contributed by atoms with Crippen molar-refractivity contribution in [3.63, 3.8) is 0 Å². The number of halogens is 6. The van der Waals surface area contributed by atoms with E-state index >= 15 is 8.78 Å². The highest BCUT2D eigenvalue weighted by Gasteiger charge is 2.34. The zero-order valence-corrected chi connectivity index (χ0v) is 27.9. The molecular weight excluding hydrogens is 661 g/mol. The molecule has 2 aliphatic rings. The third kappa shape index (κ3) is 10.4. The summed E-state index contributed by atoms with van der Waals surface area (Å²) < 4.78 is 73.6. The quantitative estimate of drug-likeness (QED) is 0.253. The largest absolute Gasteiger partial charge is 0.444 e. The second kappa shape index (κ2) is 15.7. The van der Waals surface area contributed by atoms with Gasteiger partial charge in [0.25, 0.3) is 5.91 Å². The van der Waals surface area contributed by atoms with Crippen LogP contribution in [0.3, 0.4) is 0 Å². The minimum Gasteiger partial charge on any atom is -0.444 e. The lowest BCUT2D eigenvalue weighted by Gasteiger charge is -2.37. The van der Waals surface area contributed by atoms with Crippen LogP contribution in [-0.2, 0) is 16.1 Å². The van der Waals surface area contributed by atoms with Gasteiger partial charge in [-0.1, -0.05) is 30.5 Å². The number of alkyl halides is 3. The van der Waals surface area contributed by atoms with Crippen molar-refractivity contribution >= 4 is 40.9 Å². The van der Waals surface area contributed by atoms with Gasteiger partial charge in [0.05, 0.1) is 29.3 Å². The van der Waals surface area contributed by atoms with Gasteiger partial charge in [-0.3, -0.25) is 14.5 Å². The molecule has 0 bridgehead atoms. The van der Waals surface area contributed by atoms with Crippen molar-refractivity contribution in [1.29, 1.82) is 0 Å². The van der Waals surface area contributed by atoms with Gasteiger partial charge in [-0.15, -0.1) is 0 Å². The molecule has 0 unspecified atom stereocenters. The number of amides is 3. The van der Waals surface area contributed by atoms with E-state index < -0.39 is 65.3 Å². The van der Waals surface area contributed by atoms with E-state index in [2.05, 4.69) is 16.0 Å². The number of alkyl carbamates (subject to hydrolysis) is 1. The van der Waals surface area contributed by atoms with Crippen LogP contribution in [0.15, 0.2) is 30.3 Å². The lowest BCUT2D eigenvalue weighted by molar-refractivity contribution is -0.138. The molecule has 2 aromatic carbocycles. The number of piperazine rings is 1. The monoisotopic (exact) mass is 701 g/mol. The van der Waals surface area contributed by atoms with Crippen molar-refractivity contribution in [3.05, 3.63) is 58.1 Å². The first-order valence-corrected chi connectivity index (χ1v) is 16.3. The van der Waals surface area contributed by atoms with Crippen LogP contribution in [0.25, 0.3) is 0 Å². The van der Waals surface area contributed by atoms with E-state index in [0.29, 0.717) is 49.7 Å². The standard InChI is InChI=1S/C33H41ClF5N5O4/c1-32(2,3)48-31(47)42-24-7-5-4-6-22(24)29(45)40-19-20-8-10-23(28(36)27(20)35)30(46)41-25-11-9-21(34)18-26(25)44-16-14-43(15-17-44)13-12-33(37,38)39/h8-11,18,22,24H,4-7,12-17,19H2,1-3H3,(H,40,45)(H,41,46)(H,42,47)/t22-,24+/m1/s1. The average Bonchev–Trinajstić information content (AvgIpc) is 3.00. The van der Waals surface area contributed by atoms with E-state index in [1.807, 2.05) is 4.90 Å². The van der Waals surface area contributed by atoms with Crippen LogP contribution >= 0.6 is 11.6 Å². The van der Waals surface area contributed by atoms with Crippen LogP contribution in [0.2, 0.25) is 5.02 Å². The van der Waals surface area contributed by atoms with Gasteiger partial charge in [-0.05, 0) is 57.9 Å². The van der Waals surface area contributed by atoms with Gasteiger partial charge < -0.3 is 25.6 Å². The van der Waals surface area contributed by atoms with Crippen LogP contribution < -0.4 is 20.9 Å². The fourth-order valence-corrected chi connectivity index (χ4v) is 6.02. The fraction of sp³-hybridized carbons (Fsp3) is 0.545. The second-order valence-corrected chi connectivity index (χ2v) is 13.5. The molecule has 0 radical (unpaired) electrons. The number of carbonyl (C=O) groups is 3. The van der Waals surface area contributed by atoms with E-state index in [1.165, 1.54) is 18.2 Å². The zero-order valence-electron chi connectivity index (χ0n) is 27.1. The maximum absolute atomic E-state index is 15.2. The molecule has 3 N–H and O–H groups in total. The molecule has 15 heteroatoms. The molecular formula is C33H41ClF5N5O4. The molecule has 3 amide bonds. The molecule has 48 heavy (non-hydrogen) atoms. The summed E-state index contributed by atoms with van der Waals surface area (Å²) in [5.74, 6) is -4.61. The van der Waals surface area contributed by atoms with E-state index in [4.69, 9.17) is 16.3 Å². The van der Waals surface area contributed by atoms with Gasteiger partial charge in [0.1, 0.15) is 5.60 Å². The third-order valence-corrected chi connectivity index (χ3v) is 8.53. The molecule has 264 valence electrons. The summed E-state index contributed by atoms with van der Waals surface area (Å²) in [6.07, 6.45) is -3.14. The molecule has 2 fully saturated rings. The molecule has 9 nitrogen and oxygen atoms in total. The number of carbonyl (C=O) groups excluding carboxylic acids is 3. The Kier molecular flexibility index (Phi) is 12.2. The third-order valence-electron chi connectivity index (χ3n) is 8.30. The maximum atomic E-state index is 15.2. The summed E-state index contributed by atoms with van der Waals surface area (Å²) in [5.41, 5.74) is -0.673. The van der Waals surface area contributed by atoms with Crippen molar-refractivity contribution in [2.75, 3.05) is 42.9 Å². The summed E-state index contributed by atoms with van der Waals surface area (Å²) in [5, 5.41) is 8.34. The summed E-state index contributed by atoms with van der Waals surface area (Å²) in [7, 11) is 0. The Labute approximate surface area is 281 Å². The number of nitrogens with zero attached hydrogens (tertiary/aromatic N) is 2. The normalized spacial score (nSPS) is 19.1. The van der Waals surface area contributed by atoms with E-state index in [1.54, 1.807) is 31.7 Å². The first-order valence-electron chi connectivity index (χ1n) is 15.9. The van der Waals surface area contributed by atoms with Gasteiger partial charge in [-0.2, -0.15) is 13.2 Å². The molecule has 1 saturated carbocycles. The number of benzene rings is 2. The predicted octanol–water partition coefficient (Wildman–Crippen LogP) is 6.64. The highest BCUT2D eigenvalue weighted by atomic mass is 35.5. The smallest absolute Gasteiger partial charge is 0.407 e. The Morgan fingerprint density at radius 2 is 1.65 bits per heavy atom. The van der Waals surface area contributed by atoms with Crippen molar-refractivity contribution in [1.82, 2.24) is 15.5 Å². The summed E-state index contributed by atoms with van der Waals surface area (Å²) in [6.45, 7) is 6.18. The van der Waals surface area contributed by atoms with Gasteiger partial charge in [0, 0.05) is 55.9 Å². The second-order valence-electron chi connectivity index (χ2n) is 13.1. The van der Waals surface area contributed by atoms with Crippen molar-refractivity contribution in [2.45, 2.75) is 77.2 Å². The Morgan fingerprint density at radius 3 is 2.31 bits per heavy atom. The summed E-state index contributed by atoms with van der Waals surface area (Å²) in [6, 6.07) is 6.48. The number of hydrogen-bond donors (Lipinski definition) is 3. The predicted molar refractivity (Wildman–Crippen MR) is 172 cm³/mol. The Hall–Kier alpha value is -3.65. The lowest BCUT2D eigenvalue weighted by Crippen LogP contribution is -2.49. The molecule has 1 saturated heterocycles. The van der Waals surface area contributed by atoms with Crippen LogP contribution in [0.5, 0.6) is 0 Å². The van der Waals surface area contributed by atoms with Crippen molar-refractivity contribution in [3.8, 4) is 0 Å². The SMILES string of the molecule is CC(C)(C)OC(=O)N[C@H]1CCCC[C@H]1C(=O)NCc1ccc(C(=O)Nc2ccc(Cl)cc2N2CCN(CCC(F)(F)F)CC2)c(F)c1F. The van der Waals surface area contributed by atoms with E-state index in [0.717, 1.165) is 18.9 Å². The summed E-state index contributed by atoms with van der Waals surface area (Å²) >= 11 is 6.20. The Bertz CT molecular complexity index is 1480. The molecule has 2 atom stereocenters. The topological polar surface area (TPSA) is 103 Å². The summed E-state index contributed by atoms with van der Waals surface area (Å²) in [4.78, 5) is 42.0. The lowest BCUT2D eigenvalue weighted by atomic mass is 9.84. The minimum absolute atomic E-state index is 0.118. The van der Waals surface area contributed by atoms with Gasteiger partial charge in [0.2, 0.25) is 5.91 Å². The molecule has 0 aromatic heterocycles. The van der Waals surface area contributed by atoms with E-state index in [-0.39, 0.29) is 24.3 Å². The van der Waals surface area contributed by atoms with Crippen LogP contribution in [0.1, 0.15) is 68.8 Å². The molecule has 0 spiro atoms. The van der Waals surface area contributed by atoms with Crippen LogP contribution in [0.4, 0.5) is 38.1 Å². The number of rotatable bonds is 9. The fourth-order valence-electron chi connectivity index (χ4n) is 5.85. The first-order chi connectivity index (χ1) is 22.5. The number of hydrogen-bond acceptors (Lipinski definition) is 6. The zero-order chi connectivity index (χ0) is 35.2. The number of nitrogens with one attached hydrogen (secondary N) is 3. The maximum Gasteiger partial charge on any atom is 0.407 e. The highest BCUT2D eigenvalue weighted by Crippen LogP contribution is 2.32. The average molecular weight is 702 g/mol. The Balaban J connectivity index is 1.38. The Morgan fingerprint density at radius 1 is 0.958 bits per heavy atom. The minimum atomic E-state index is -4.25. The van der Waals surface area contributed by atoms with Crippen molar-refractivity contribution < 1.29 is 41.1 Å². The molecule has 1 aliphatic heterocycles. The number of ether oxygens (including phenoxy) is 1. The molecule has 2 aromatic rings. The number of anilines is 2. The van der Waals surface area contributed by atoms with Gasteiger partial charge >= 0.3 is 12.3 Å². The molecule has 4 rings (SSSR count). The molecule has 1 aliphatic carbocycles. The van der Waals surface area contributed by atoms with Crippen molar-refractivity contribution in [2.24, 2.45) is 5.92 Å². The highest BCUT2D eigenvalue weighted by molar-refractivity contribution is 6.31. The molecule has 1 heterocycles. The van der Waals surface area contributed by atoms with E-state index in [9.17, 15) is 27.6 Å². The first kappa shape index (κ1) is 37.2. The van der Waals surface area contributed by atoms with Gasteiger partial charge in [-0.25, -0.2) is 13.6 Å². The van der Waals surface area contributed by atoms with Crippen LogP contribution in [0, 0.1) is 17.6 Å². The van der Waals surface area contributed by atoms with Gasteiger partial charge in [0.15, 0.2) is 11.6 Å². The van der Waals surface area contributed by atoms with Crippen LogP contribution in [-0.4, -0.2) is 73.4 Å².